The molecule has 0 saturated carbocycles. The third-order valence-electron chi connectivity index (χ3n) is 4.57. The summed E-state index contributed by atoms with van der Waals surface area (Å²) in [6.07, 6.45) is 1.58. The van der Waals surface area contributed by atoms with Crippen LogP contribution in [0.2, 0.25) is 0 Å². The van der Waals surface area contributed by atoms with Gasteiger partial charge in [-0.1, -0.05) is 0 Å². The predicted molar refractivity (Wildman–Crippen MR) is 96.9 cm³/mol. The van der Waals surface area contributed by atoms with E-state index in [0.717, 1.165) is 17.9 Å². The zero-order valence-corrected chi connectivity index (χ0v) is 15.8. The van der Waals surface area contributed by atoms with Crippen LogP contribution < -0.4 is 5.32 Å². The molecule has 1 fully saturated rings. The highest BCUT2D eigenvalue weighted by molar-refractivity contribution is 7.89. The topological polar surface area (TPSA) is 82.9 Å². The summed E-state index contributed by atoms with van der Waals surface area (Å²) in [7, 11) is -3.68. The number of nitrogens with zero attached hydrogens (tertiary/aromatic N) is 2. The minimum absolute atomic E-state index is 0.0533. The van der Waals surface area contributed by atoms with Gasteiger partial charge >= 0.3 is 0 Å². The summed E-state index contributed by atoms with van der Waals surface area (Å²) in [6.45, 7) is 3.09. The molecule has 0 radical (unpaired) electrons. The smallest absolute Gasteiger partial charge is 0.243 e. The molecule has 1 atom stereocenters. The van der Waals surface area contributed by atoms with Gasteiger partial charge in [0.25, 0.3) is 0 Å². The lowest BCUT2D eigenvalue weighted by atomic mass is 10.2. The number of hydrogen-bond donors (Lipinski definition) is 1. The maximum absolute atomic E-state index is 13.0. The van der Waals surface area contributed by atoms with Gasteiger partial charge in [-0.25, -0.2) is 12.8 Å². The molecule has 1 aliphatic heterocycles. The van der Waals surface area contributed by atoms with E-state index in [1.54, 1.807) is 17.2 Å². The standard InChI is InChI=1S/C18H22FN3O4S/c1-14(17-3-2-12-26-17)20-13-18(23)21-8-10-22(11-9-21)27(24,25)16-6-4-15(19)5-7-16/h2-7,12,14,20H,8-11,13H2,1H3/t14-/m1/s1. The number of furan rings is 1. The first-order valence-corrected chi connectivity index (χ1v) is 10.1. The van der Waals surface area contributed by atoms with Crippen LogP contribution in [0.4, 0.5) is 4.39 Å². The Bertz CT molecular complexity index is 861. The number of halogens is 1. The number of carbonyl (C=O) groups excluding carboxylic acids is 1. The van der Waals surface area contributed by atoms with E-state index in [4.69, 9.17) is 4.42 Å². The van der Waals surface area contributed by atoms with Gasteiger partial charge in [-0.3, -0.25) is 10.1 Å². The predicted octanol–water partition coefficient (Wildman–Crippen LogP) is 1.60. The molecule has 0 unspecified atom stereocenters. The van der Waals surface area contributed by atoms with E-state index in [2.05, 4.69) is 5.32 Å². The summed E-state index contributed by atoms with van der Waals surface area (Å²) < 4.78 is 44.8. The van der Waals surface area contributed by atoms with Crippen molar-refractivity contribution in [1.29, 1.82) is 0 Å². The fraction of sp³-hybridized carbons (Fsp3) is 0.389. The van der Waals surface area contributed by atoms with E-state index in [0.29, 0.717) is 13.1 Å². The highest BCUT2D eigenvalue weighted by Crippen LogP contribution is 2.18. The monoisotopic (exact) mass is 395 g/mol. The number of carbonyl (C=O) groups is 1. The average molecular weight is 395 g/mol. The van der Waals surface area contributed by atoms with Gasteiger partial charge in [0.2, 0.25) is 15.9 Å². The molecule has 1 saturated heterocycles. The molecule has 1 aliphatic rings. The minimum atomic E-state index is -3.68. The van der Waals surface area contributed by atoms with Crippen LogP contribution in [0.1, 0.15) is 18.7 Å². The molecule has 7 nitrogen and oxygen atoms in total. The Balaban J connectivity index is 1.52. The number of nitrogens with one attached hydrogen (secondary N) is 1. The van der Waals surface area contributed by atoms with Crippen molar-refractivity contribution in [2.45, 2.75) is 17.9 Å². The number of rotatable bonds is 6. The normalized spacial score (nSPS) is 17.0. The maximum atomic E-state index is 13.0. The second-order valence-electron chi connectivity index (χ2n) is 6.36. The van der Waals surface area contributed by atoms with Crippen LogP contribution >= 0.6 is 0 Å². The molecule has 9 heteroatoms. The zero-order valence-electron chi connectivity index (χ0n) is 15.0. The zero-order chi connectivity index (χ0) is 19.4. The Morgan fingerprint density at radius 3 is 2.44 bits per heavy atom. The molecule has 0 bridgehead atoms. The van der Waals surface area contributed by atoms with Crippen molar-refractivity contribution < 1.29 is 22.0 Å². The third-order valence-corrected chi connectivity index (χ3v) is 6.49. The molecular formula is C18H22FN3O4S. The molecule has 0 spiro atoms. The first kappa shape index (κ1) is 19.5. The van der Waals surface area contributed by atoms with Gasteiger partial charge in [0.15, 0.2) is 0 Å². The molecule has 27 heavy (non-hydrogen) atoms. The Morgan fingerprint density at radius 2 is 1.85 bits per heavy atom. The molecule has 1 aromatic carbocycles. The lowest BCUT2D eigenvalue weighted by Gasteiger charge is -2.34. The van der Waals surface area contributed by atoms with Gasteiger partial charge in [0.1, 0.15) is 11.6 Å². The van der Waals surface area contributed by atoms with Gasteiger partial charge in [-0.05, 0) is 43.3 Å². The Kier molecular flexibility index (Phi) is 5.93. The molecule has 146 valence electrons. The van der Waals surface area contributed by atoms with E-state index in [9.17, 15) is 17.6 Å². The van der Waals surface area contributed by atoms with Crippen molar-refractivity contribution in [2.24, 2.45) is 0 Å². The molecule has 1 N–H and O–H groups in total. The van der Waals surface area contributed by atoms with Crippen LogP contribution in [-0.4, -0.2) is 56.3 Å². The van der Waals surface area contributed by atoms with Gasteiger partial charge < -0.3 is 9.32 Å². The van der Waals surface area contributed by atoms with E-state index in [1.807, 2.05) is 13.0 Å². The number of hydrogen-bond acceptors (Lipinski definition) is 5. The van der Waals surface area contributed by atoms with Crippen molar-refractivity contribution in [3.63, 3.8) is 0 Å². The summed E-state index contributed by atoms with van der Waals surface area (Å²) in [5, 5.41) is 3.10. The number of sulfonamides is 1. The summed E-state index contributed by atoms with van der Waals surface area (Å²) in [5.41, 5.74) is 0. The first-order valence-electron chi connectivity index (χ1n) is 8.68. The SMILES string of the molecule is C[C@@H](NCC(=O)N1CCN(S(=O)(=O)c2ccc(F)cc2)CC1)c1ccco1. The van der Waals surface area contributed by atoms with E-state index in [-0.39, 0.29) is 36.5 Å². The molecular weight excluding hydrogens is 373 g/mol. The quantitative estimate of drug-likeness (QED) is 0.803. The molecule has 3 rings (SSSR count). The van der Waals surface area contributed by atoms with Crippen LogP contribution in [0.25, 0.3) is 0 Å². The van der Waals surface area contributed by atoms with Crippen molar-refractivity contribution in [1.82, 2.24) is 14.5 Å². The summed E-state index contributed by atoms with van der Waals surface area (Å²) in [6, 6.07) is 8.28. The third kappa shape index (κ3) is 4.55. The second-order valence-corrected chi connectivity index (χ2v) is 8.29. The first-order chi connectivity index (χ1) is 12.9. The summed E-state index contributed by atoms with van der Waals surface area (Å²) in [4.78, 5) is 14.0. The van der Waals surface area contributed by atoms with E-state index in [1.165, 1.54) is 16.4 Å². The van der Waals surface area contributed by atoms with Gasteiger partial charge in [0, 0.05) is 26.2 Å². The fourth-order valence-corrected chi connectivity index (χ4v) is 4.35. The van der Waals surface area contributed by atoms with Crippen molar-refractivity contribution in [3.8, 4) is 0 Å². The summed E-state index contributed by atoms with van der Waals surface area (Å²) in [5.74, 6) is 0.172. The van der Waals surface area contributed by atoms with Crippen LogP contribution in [-0.2, 0) is 14.8 Å². The van der Waals surface area contributed by atoms with E-state index >= 15 is 0 Å². The van der Waals surface area contributed by atoms with Gasteiger partial charge in [-0.15, -0.1) is 0 Å². The molecule has 1 aromatic heterocycles. The highest BCUT2D eigenvalue weighted by atomic mass is 32.2. The molecule has 1 amide bonds. The lowest BCUT2D eigenvalue weighted by molar-refractivity contribution is -0.131. The van der Waals surface area contributed by atoms with Crippen molar-refractivity contribution in [3.05, 3.63) is 54.2 Å². The Hall–Kier alpha value is -2.23. The molecule has 0 aliphatic carbocycles. The van der Waals surface area contributed by atoms with Gasteiger partial charge in [-0.2, -0.15) is 4.31 Å². The summed E-state index contributed by atoms with van der Waals surface area (Å²) >= 11 is 0. The van der Waals surface area contributed by atoms with Crippen LogP contribution in [0.3, 0.4) is 0 Å². The highest BCUT2D eigenvalue weighted by Gasteiger charge is 2.30. The van der Waals surface area contributed by atoms with E-state index < -0.39 is 15.8 Å². The fourth-order valence-electron chi connectivity index (χ4n) is 2.92. The average Bonchev–Trinajstić information content (AvgIpc) is 3.21. The van der Waals surface area contributed by atoms with Crippen molar-refractivity contribution >= 4 is 15.9 Å². The Labute approximate surface area is 157 Å². The van der Waals surface area contributed by atoms with Crippen LogP contribution in [0.5, 0.6) is 0 Å². The molecule has 2 heterocycles. The lowest BCUT2D eigenvalue weighted by Crippen LogP contribution is -2.52. The van der Waals surface area contributed by atoms with Crippen LogP contribution in [0, 0.1) is 5.82 Å². The number of piperazine rings is 1. The molecule has 2 aromatic rings. The number of amides is 1. The Morgan fingerprint density at radius 1 is 1.19 bits per heavy atom. The van der Waals surface area contributed by atoms with Crippen molar-refractivity contribution in [2.75, 3.05) is 32.7 Å². The minimum Gasteiger partial charge on any atom is -0.468 e. The second kappa shape index (κ2) is 8.20. The largest absolute Gasteiger partial charge is 0.468 e. The van der Waals surface area contributed by atoms with Gasteiger partial charge in [0.05, 0.1) is 23.7 Å². The van der Waals surface area contributed by atoms with Crippen LogP contribution in [0.15, 0.2) is 52.0 Å². The maximum Gasteiger partial charge on any atom is 0.243 e. The number of benzene rings is 1.